The molecule has 0 amide bonds. The third kappa shape index (κ3) is 2.86. The largest absolute Gasteiger partial charge is 0.549 e. The lowest BCUT2D eigenvalue weighted by Crippen LogP contribution is -2.31. The van der Waals surface area contributed by atoms with E-state index in [1.807, 2.05) is 0 Å². The second kappa shape index (κ2) is 5.18. The van der Waals surface area contributed by atoms with Gasteiger partial charge >= 0.3 is 0 Å². The number of carboxylic acids is 1. The predicted octanol–water partition coefficient (Wildman–Crippen LogP) is 1.11. The van der Waals surface area contributed by atoms with Crippen molar-refractivity contribution in [1.82, 2.24) is 10.2 Å². The minimum Gasteiger partial charge on any atom is -0.549 e. The van der Waals surface area contributed by atoms with Crippen LogP contribution in [0.15, 0.2) is 33.9 Å². The van der Waals surface area contributed by atoms with Gasteiger partial charge in [0, 0.05) is 5.56 Å². The number of carboxylic acid groups (broad SMARTS) is 1. The van der Waals surface area contributed by atoms with Crippen LogP contribution < -0.4 is 5.11 Å². The van der Waals surface area contributed by atoms with Crippen LogP contribution in [0.1, 0.15) is 6.92 Å². The molecule has 7 heteroatoms. The minimum atomic E-state index is -1.22. The first-order valence-electron chi connectivity index (χ1n) is 5.03. The van der Waals surface area contributed by atoms with Gasteiger partial charge in [-0.3, -0.25) is 0 Å². The van der Waals surface area contributed by atoms with Crippen LogP contribution in [0.25, 0.3) is 11.5 Å². The van der Waals surface area contributed by atoms with Gasteiger partial charge in [-0.15, -0.1) is 10.2 Å². The quantitative estimate of drug-likeness (QED) is 0.772. The fourth-order valence-corrected chi connectivity index (χ4v) is 1.81. The van der Waals surface area contributed by atoms with Crippen LogP contribution in [-0.4, -0.2) is 21.4 Å². The Hall–Kier alpha value is -1.89. The van der Waals surface area contributed by atoms with Gasteiger partial charge in [0.05, 0.1) is 11.2 Å². The molecule has 0 fully saturated rings. The summed E-state index contributed by atoms with van der Waals surface area (Å²) < 4.78 is 18.2. The average Bonchev–Trinajstić information content (AvgIpc) is 2.77. The van der Waals surface area contributed by atoms with E-state index in [1.165, 1.54) is 25.1 Å². The zero-order valence-electron chi connectivity index (χ0n) is 9.29. The Kier molecular flexibility index (Phi) is 3.61. The van der Waals surface area contributed by atoms with Crippen molar-refractivity contribution in [2.75, 3.05) is 0 Å². The fraction of sp³-hybridized carbons (Fsp3) is 0.182. The summed E-state index contributed by atoms with van der Waals surface area (Å²) in [7, 11) is 0. The van der Waals surface area contributed by atoms with Crippen LogP contribution in [0.3, 0.4) is 0 Å². The van der Waals surface area contributed by atoms with E-state index in [-0.39, 0.29) is 11.1 Å². The Morgan fingerprint density at radius 2 is 2.28 bits per heavy atom. The average molecular weight is 267 g/mol. The summed E-state index contributed by atoms with van der Waals surface area (Å²) in [5, 5.41) is 17.3. The third-order valence-electron chi connectivity index (χ3n) is 2.09. The molecule has 0 aliphatic carbocycles. The van der Waals surface area contributed by atoms with E-state index >= 15 is 0 Å². The van der Waals surface area contributed by atoms with Gasteiger partial charge in [-0.1, -0.05) is 17.8 Å². The molecular weight excluding hydrogens is 259 g/mol. The Morgan fingerprint density at radius 3 is 2.94 bits per heavy atom. The van der Waals surface area contributed by atoms with Crippen LogP contribution in [-0.2, 0) is 4.79 Å². The highest BCUT2D eigenvalue weighted by Crippen LogP contribution is 2.25. The van der Waals surface area contributed by atoms with Crippen LogP contribution in [0.2, 0.25) is 0 Å². The molecule has 0 spiro atoms. The SMILES string of the molecule is C[C@H](Sc1nnc(-c2cccc(F)c2)o1)C(=O)[O-]. The molecule has 1 atom stereocenters. The monoisotopic (exact) mass is 267 g/mol. The summed E-state index contributed by atoms with van der Waals surface area (Å²) in [6.07, 6.45) is 0. The summed E-state index contributed by atoms with van der Waals surface area (Å²) in [4.78, 5) is 10.6. The molecule has 1 aromatic heterocycles. The number of rotatable bonds is 4. The zero-order valence-corrected chi connectivity index (χ0v) is 10.1. The maximum Gasteiger partial charge on any atom is 0.277 e. The van der Waals surface area contributed by atoms with Gasteiger partial charge in [0.15, 0.2) is 0 Å². The Bertz CT molecular complexity index is 573. The van der Waals surface area contributed by atoms with Gasteiger partial charge in [-0.25, -0.2) is 4.39 Å². The first kappa shape index (κ1) is 12.6. The van der Waals surface area contributed by atoms with E-state index < -0.39 is 17.0 Å². The molecule has 2 aromatic rings. The number of aliphatic carboxylic acids is 1. The molecule has 1 aromatic carbocycles. The van der Waals surface area contributed by atoms with Gasteiger partial charge in [0.2, 0.25) is 5.89 Å². The standard InChI is InChI=1S/C11H9FN2O3S/c1-6(10(15)16)18-11-14-13-9(17-11)7-3-2-4-8(12)5-7/h2-6H,1H3,(H,15,16)/p-1/t6-/m0/s1. The van der Waals surface area contributed by atoms with Crippen molar-refractivity contribution >= 4 is 17.7 Å². The van der Waals surface area contributed by atoms with Gasteiger partial charge in [0.25, 0.3) is 5.22 Å². The maximum absolute atomic E-state index is 13.0. The van der Waals surface area contributed by atoms with Gasteiger partial charge < -0.3 is 14.3 Å². The minimum absolute atomic E-state index is 0.103. The lowest BCUT2D eigenvalue weighted by molar-refractivity contribution is -0.304. The molecule has 0 bridgehead atoms. The summed E-state index contributed by atoms with van der Waals surface area (Å²) in [5.41, 5.74) is 0.440. The van der Waals surface area contributed by atoms with Gasteiger partial charge in [-0.2, -0.15) is 0 Å². The molecule has 2 rings (SSSR count). The number of halogens is 1. The molecule has 0 saturated carbocycles. The Labute approximate surface area is 106 Å². The van der Waals surface area contributed by atoms with Crippen molar-refractivity contribution < 1.29 is 18.7 Å². The highest BCUT2D eigenvalue weighted by molar-refractivity contribution is 8.00. The summed E-state index contributed by atoms with van der Waals surface area (Å²) >= 11 is 0.875. The smallest absolute Gasteiger partial charge is 0.277 e. The van der Waals surface area contributed by atoms with Crippen LogP contribution >= 0.6 is 11.8 Å². The molecule has 0 aliphatic heterocycles. The number of hydrogen-bond donors (Lipinski definition) is 0. The molecule has 18 heavy (non-hydrogen) atoms. The third-order valence-corrected chi connectivity index (χ3v) is 3.00. The highest BCUT2D eigenvalue weighted by Gasteiger charge is 2.13. The molecule has 5 nitrogen and oxygen atoms in total. The topological polar surface area (TPSA) is 79.0 Å². The normalized spacial score (nSPS) is 12.3. The maximum atomic E-state index is 13.0. The van der Waals surface area contributed by atoms with Crippen molar-refractivity contribution in [2.45, 2.75) is 17.4 Å². The fourth-order valence-electron chi connectivity index (χ4n) is 1.19. The van der Waals surface area contributed by atoms with Gasteiger partial charge in [-0.05, 0) is 25.1 Å². The molecule has 0 saturated heterocycles. The lowest BCUT2D eigenvalue weighted by Gasteiger charge is -2.07. The second-order valence-electron chi connectivity index (χ2n) is 3.46. The van der Waals surface area contributed by atoms with Crippen molar-refractivity contribution in [3.8, 4) is 11.5 Å². The van der Waals surface area contributed by atoms with Crippen molar-refractivity contribution in [3.05, 3.63) is 30.1 Å². The molecule has 0 aliphatic rings. The van der Waals surface area contributed by atoms with Gasteiger partial charge in [0.1, 0.15) is 5.82 Å². The number of carbonyl (C=O) groups excluding carboxylic acids is 1. The van der Waals surface area contributed by atoms with E-state index in [0.717, 1.165) is 11.8 Å². The highest BCUT2D eigenvalue weighted by atomic mass is 32.2. The lowest BCUT2D eigenvalue weighted by atomic mass is 10.2. The van der Waals surface area contributed by atoms with Crippen molar-refractivity contribution in [2.24, 2.45) is 0 Å². The molecule has 0 unspecified atom stereocenters. The number of hydrogen-bond acceptors (Lipinski definition) is 6. The first-order chi connectivity index (χ1) is 8.56. The predicted molar refractivity (Wildman–Crippen MR) is 60.0 cm³/mol. The summed E-state index contributed by atoms with van der Waals surface area (Å²) in [5.74, 6) is -1.49. The Balaban J connectivity index is 2.18. The molecule has 1 heterocycles. The Morgan fingerprint density at radius 1 is 1.50 bits per heavy atom. The molecule has 0 radical (unpaired) electrons. The van der Waals surface area contributed by atoms with E-state index in [2.05, 4.69) is 10.2 Å². The van der Waals surface area contributed by atoms with E-state index in [1.54, 1.807) is 6.07 Å². The van der Waals surface area contributed by atoms with E-state index in [9.17, 15) is 14.3 Å². The molecule has 94 valence electrons. The van der Waals surface area contributed by atoms with Crippen LogP contribution in [0.4, 0.5) is 4.39 Å². The van der Waals surface area contributed by atoms with Crippen LogP contribution in [0, 0.1) is 5.82 Å². The van der Waals surface area contributed by atoms with Crippen molar-refractivity contribution in [1.29, 1.82) is 0 Å². The van der Waals surface area contributed by atoms with Crippen molar-refractivity contribution in [3.63, 3.8) is 0 Å². The number of thioether (sulfide) groups is 1. The van der Waals surface area contributed by atoms with Crippen LogP contribution in [0.5, 0.6) is 0 Å². The molecule has 0 N–H and O–H groups in total. The zero-order chi connectivity index (χ0) is 13.1. The number of aromatic nitrogens is 2. The number of benzene rings is 1. The number of nitrogens with zero attached hydrogens (tertiary/aromatic N) is 2. The summed E-state index contributed by atoms with van der Waals surface area (Å²) in [6.45, 7) is 1.45. The van der Waals surface area contributed by atoms with E-state index in [4.69, 9.17) is 4.42 Å². The summed E-state index contributed by atoms with van der Waals surface area (Å²) in [6, 6.07) is 5.69. The number of carbonyl (C=O) groups is 1. The van der Waals surface area contributed by atoms with E-state index in [0.29, 0.717) is 5.56 Å². The first-order valence-corrected chi connectivity index (χ1v) is 5.91. The second-order valence-corrected chi connectivity index (χ2v) is 4.75. The molecular formula is C11H8FN2O3S-.